The molecule has 0 spiro atoms. The second kappa shape index (κ2) is 7.37. The maximum Gasteiger partial charge on any atom is 0.243 e. The lowest BCUT2D eigenvalue weighted by Crippen LogP contribution is -2.52. The average molecular weight is 363 g/mol. The quantitative estimate of drug-likeness (QED) is 0.829. The molecule has 0 amide bonds. The zero-order valence-electron chi connectivity index (χ0n) is 15.1. The first kappa shape index (κ1) is 17.5. The van der Waals surface area contributed by atoms with Crippen LogP contribution in [0.25, 0.3) is 0 Å². The van der Waals surface area contributed by atoms with Crippen LogP contribution in [-0.4, -0.2) is 49.8 Å². The van der Waals surface area contributed by atoms with Gasteiger partial charge in [0, 0.05) is 32.2 Å². The minimum Gasteiger partial charge on any atom is -0.298 e. The summed E-state index contributed by atoms with van der Waals surface area (Å²) in [7, 11) is -3.34. The second-order valence-electron chi connectivity index (χ2n) is 7.87. The molecular formula is C20H30N2O2S. The van der Waals surface area contributed by atoms with Gasteiger partial charge < -0.3 is 0 Å². The Morgan fingerprint density at radius 2 is 1.48 bits per heavy atom. The van der Waals surface area contributed by atoms with Crippen molar-refractivity contribution in [2.45, 2.75) is 68.7 Å². The summed E-state index contributed by atoms with van der Waals surface area (Å²) < 4.78 is 27.8. The Hall–Kier alpha value is -0.910. The smallest absolute Gasteiger partial charge is 0.243 e. The molecule has 138 valence electrons. The highest BCUT2D eigenvalue weighted by Crippen LogP contribution is 2.28. The van der Waals surface area contributed by atoms with E-state index in [4.69, 9.17) is 0 Å². The monoisotopic (exact) mass is 362 g/mol. The summed E-state index contributed by atoms with van der Waals surface area (Å²) in [4.78, 5) is 3.03. The molecule has 1 aromatic carbocycles. The third kappa shape index (κ3) is 3.64. The molecule has 4 rings (SSSR count). The van der Waals surface area contributed by atoms with Crippen molar-refractivity contribution in [2.24, 2.45) is 0 Å². The van der Waals surface area contributed by atoms with Gasteiger partial charge in [0.15, 0.2) is 0 Å². The molecule has 0 radical (unpaired) electrons. The van der Waals surface area contributed by atoms with Gasteiger partial charge in [0.1, 0.15) is 0 Å². The highest BCUT2D eigenvalue weighted by Gasteiger charge is 2.31. The maximum absolute atomic E-state index is 13.1. The van der Waals surface area contributed by atoms with Gasteiger partial charge in [-0.3, -0.25) is 4.90 Å². The first-order valence-electron chi connectivity index (χ1n) is 10.0. The highest BCUT2D eigenvalue weighted by atomic mass is 32.2. The van der Waals surface area contributed by atoms with E-state index in [2.05, 4.69) is 4.90 Å². The molecule has 1 aliphatic heterocycles. The Balaban J connectivity index is 1.44. The third-order valence-corrected chi connectivity index (χ3v) is 8.22. The number of benzene rings is 1. The fourth-order valence-electron chi connectivity index (χ4n) is 4.77. The van der Waals surface area contributed by atoms with Gasteiger partial charge in [-0.15, -0.1) is 0 Å². The number of hydrogen-bond acceptors (Lipinski definition) is 3. The Morgan fingerprint density at radius 3 is 2.20 bits per heavy atom. The number of aryl methyl sites for hydroxylation is 2. The van der Waals surface area contributed by atoms with Crippen molar-refractivity contribution in [2.75, 3.05) is 26.2 Å². The largest absolute Gasteiger partial charge is 0.298 e. The minimum atomic E-state index is -3.34. The van der Waals surface area contributed by atoms with E-state index in [0.29, 0.717) is 24.0 Å². The lowest BCUT2D eigenvalue weighted by Gasteiger charge is -2.40. The maximum atomic E-state index is 13.1. The van der Waals surface area contributed by atoms with Crippen LogP contribution in [0, 0.1) is 0 Å². The van der Waals surface area contributed by atoms with E-state index in [0.717, 1.165) is 25.9 Å². The first-order chi connectivity index (χ1) is 12.1. The van der Waals surface area contributed by atoms with Crippen LogP contribution in [0.4, 0.5) is 0 Å². The molecule has 1 aromatic rings. The van der Waals surface area contributed by atoms with Crippen LogP contribution in [-0.2, 0) is 22.9 Å². The molecule has 0 bridgehead atoms. The predicted molar refractivity (Wildman–Crippen MR) is 100 cm³/mol. The lowest BCUT2D eigenvalue weighted by molar-refractivity contribution is 0.111. The van der Waals surface area contributed by atoms with E-state index in [9.17, 15) is 8.42 Å². The lowest BCUT2D eigenvalue weighted by atomic mass is 9.92. The van der Waals surface area contributed by atoms with Crippen LogP contribution in [0.3, 0.4) is 0 Å². The van der Waals surface area contributed by atoms with Gasteiger partial charge in [-0.1, -0.05) is 25.3 Å². The van der Waals surface area contributed by atoms with E-state index < -0.39 is 10.0 Å². The zero-order chi connectivity index (χ0) is 17.3. The summed E-state index contributed by atoms with van der Waals surface area (Å²) in [6.07, 6.45) is 11.1. The molecule has 2 fully saturated rings. The molecule has 25 heavy (non-hydrogen) atoms. The number of sulfonamides is 1. The molecule has 0 unspecified atom stereocenters. The number of rotatable bonds is 3. The summed E-state index contributed by atoms with van der Waals surface area (Å²) in [5.41, 5.74) is 2.58. The van der Waals surface area contributed by atoms with E-state index >= 15 is 0 Å². The SMILES string of the molecule is O=S(=O)(c1ccc2c(c1)CCCC2)N1CCN(C2CCCCC2)CC1. The number of hydrogen-bond donors (Lipinski definition) is 0. The van der Waals surface area contributed by atoms with Crippen LogP contribution >= 0.6 is 0 Å². The molecule has 5 heteroatoms. The van der Waals surface area contributed by atoms with Gasteiger partial charge in [0.05, 0.1) is 4.90 Å². The van der Waals surface area contributed by atoms with Gasteiger partial charge in [0.25, 0.3) is 0 Å². The molecule has 2 aliphatic carbocycles. The number of fused-ring (bicyclic) bond motifs is 1. The molecule has 0 N–H and O–H groups in total. The highest BCUT2D eigenvalue weighted by molar-refractivity contribution is 7.89. The fraction of sp³-hybridized carbons (Fsp3) is 0.700. The van der Waals surface area contributed by atoms with Crippen molar-refractivity contribution in [3.05, 3.63) is 29.3 Å². The van der Waals surface area contributed by atoms with Gasteiger partial charge in [-0.2, -0.15) is 4.31 Å². The molecule has 1 heterocycles. The zero-order valence-corrected chi connectivity index (χ0v) is 15.9. The normalized spacial score (nSPS) is 24.2. The van der Waals surface area contributed by atoms with Crippen LogP contribution < -0.4 is 0 Å². The van der Waals surface area contributed by atoms with Crippen LogP contribution in [0.1, 0.15) is 56.1 Å². The van der Waals surface area contributed by atoms with Gasteiger partial charge >= 0.3 is 0 Å². The van der Waals surface area contributed by atoms with Crippen molar-refractivity contribution < 1.29 is 8.42 Å². The van der Waals surface area contributed by atoms with Crippen molar-refractivity contribution in [1.82, 2.24) is 9.21 Å². The second-order valence-corrected chi connectivity index (χ2v) is 9.81. The summed E-state index contributed by atoms with van der Waals surface area (Å²) in [5, 5.41) is 0. The Bertz CT molecular complexity index is 702. The van der Waals surface area contributed by atoms with Crippen LogP contribution in [0.15, 0.2) is 23.1 Å². The topological polar surface area (TPSA) is 40.6 Å². The molecule has 1 saturated carbocycles. The molecule has 4 nitrogen and oxygen atoms in total. The van der Waals surface area contributed by atoms with Gasteiger partial charge in [0.2, 0.25) is 10.0 Å². The van der Waals surface area contributed by atoms with Crippen molar-refractivity contribution in [1.29, 1.82) is 0 Å². The van der Waals surface area contributed by atoms with Gasteiger partial charge in [-0.25, -0.2) is 8.42 Å². The summed E-state index contributed by atoms with van der Waals surface area (Å²) in [6.45, 7) is 3.04. The van der Waals surface area contributed by atoms with E-state index in [1.165, 1.54) is 56.1 Å². The molecular weight excluding hydrogens is 332 g/mol. The fourth-order valence-corrected chi connectivity index (χ4v) is 6.25. The third-order valence-electron chi connectivity index (χ3n) is 6.32. The van der Waals surface area contributed by atoms with Crippen molar-refractivity contribution in [3.8, 4) is 0 Å². The summed E-state index contributed by atoms with van der Waals surface area (Å²) in [6, 6.07) is 6.49. The Morgan fingerprint density at radius 1 is 0.800 bits per heavy atom. The molecule has 0 aromatic heterocycles. The molecule has 1 saturated heterocycles. The Labute approximate surface area is 152 Å². The summed E-state index contributed by atoms with van der Waals surface area (Å²) >= 11 is 0. The first-order valence-corrected chi connectivity index (χ1v) is 11.4. The minimum absolute atomic E-state index is 0.499. The Kier molecular flexibility index (Phi) is 5.16. The van der Waals surface area contributed by atoms with Crippen LogP contribution in [0.5, 0.6) is 0 Å². The molecule has 3 aliphatic rings. The van der Waals surface area contributed by atoms with E-state index in [1.807, 2.05) is 18.2 Å². The number of nitrogens with zero attached hydrogens (tertiary/aromatic N) is 2. The van der Waals surface area contributed by atoms with E-state index in [1.54, 1.807) is 4.31 Å². The summed E-state index contributed by atoms with van der Waals surface area (Å²) in [5.74, 6) is 0. The van der Waals surface area contributed by atoms with E-state index in [-0.39, 0.29) is 0 Å². The van der Waals surface area contributed by atoms with Crippen molar-refractivity contribution in [3.63, 3.8) is 0 Å². The predicted octanol–water partition coefficient (Wildman–Crippen LogP) is 3.20. The van der Waals surface area contributed by atoms with Crippen LogP contribution in [0.2, 0.25) is 0 Å². The van der Waals surface area contributed by atoms with Gasteiger partial charge in [-0.05, 0) is 61.8 Å². The standard InChI is InChI=1S/C20H30N2O2S/c23-25(24,20-11-10-17-6-4-5-7-18(17)16-20)22-14-12-21(13-15-22)19-8-2-1-3-9-19/h10-11,16,19H,1-9,12-15H2. The van der Waals surface area contributed by atoms with Crippen molar-refractivity contribution >= 4 is 10.0 Å². The average Bonchev–Trinajstić information content (AvgIpc) is 2.68. The molecule has 0 atom stereocenters. The number of piperazine rings is 1.